The fraction of sp³-hybridized carbons (Fsp3) is 0.533. The van der Waals surface area contributed by atoms with Crippen LogP contribution in [0.5, 0.6) is 0 Å². The Kier molecular flexibility index (Phi) is 5.21. The van der Waals surface area contributed by atoms with Gasteiger partial charge >= 0.3 is 6.03 Å². The first kappa shape index (κ1) is 13.9. The van der Waals surface area contributed by atoms with Gasteiger partial charge in [0.15, 0.2) is 0 Å². The van der Waals surface area contributed by atoms with Crippen molar-refractivity contribution in [1.29, 1.82) is 0 Å². The fourth-order valence-corrected chi connectivity index (χ4v) is 2.17. The topological polar surface area (TPSA) is 50.4 Å². The molecule has 1 aliphatic rings. The summed E-state index contributed by atoms with van der Waals surface area (Å²) in [6, 6.07) is 8.04. The molecular weight excluding hydrogens is 240 g/mol. The van der Waals surface area contributed by atoms with E-state index in [0.29, 0.717) is 19.2 Å². The van der Waals surface area contributed by atoms with Crippen LogP contribution in [0.15, 0.2) is 24.3 Å². The lowest BCUT2D eigenvalue weighted by molar-refractivity contribution is 0.104. The van der Waals surface area contributed by atoms with Gasteiger partial charge in [0.2, 0.25) is 0 Å². The summed E-state index contributed by atoms with van der Waals surface area (Å²) in [7, 11) is 0. The van der Waals surface area contributed by atoms with Crippen molar-refractivity contribution in [1.82, 2.24) is 10.6 Å². The monoisotopic (exact) mass is 262 g/mol. The molecule has 4 heteroatoms. The Hall–Kier alpha value is -1.55. The van der Waals surface area contributed by atoms with Crippen LogP contribution in [0.4, 0.5) is 4.79 Å². The van der Waals surface area contributed by atoms with Crippen LogP contribution in [0.25, 0.3) is 0 Å². The van der Waals surface area contributed by atoms with Crippen LogP contribution in [0.2, 0.25) is 0 Å². The van der Waals surface area contributed by atoms with Crippen molar-refractivity contribution in [3.8, 4) is 0 Å². The number of ether oxygens (including phenoxy) is 1. The van der Waals surface area contributed by atoms with Gasteiger partial charge in [-0.3, -0.25) is 0 Å². The number of nitrogens with one attached hydrogen (secondary N) is 2. The lowest BCUT2D eigenvalue weighted by Gasteiger charge is -2.11. The summed E-state index contributed by atoms with van der Waals surface area (Å²) in [6.45, 7) is 4.15. The Balaban J connectivity index is 1.60. The molecule has 2 N–H and O–H groups in total. The number of hydrogen-bond acceptors (Lipinski definition) is 2. The van der Waals surface area contributed by atoms with Crippen molar-refractivity contribution in [2.45, 2.75) is 38.8 Å². The van der Waals surface area contributed by atoms with E-state index in [4.69, 9.17) is 4.74 Å². The lowest BCUT2D eigenvalue weighted by Crippen LogP contribution is -2.36. The Morgan fingerprint density at radius 1 is 1.32 bits per heavy atom. The number of aryl methyl sites for hydroxylation is 1. The number of carbonyl (C=O) groups is 1. The molecule has 0 aliphatic carbocycles. The molecule has 1 unspecified atom stereocenters. The van der Waals surface area contributed by atoms with Gasteiger partial charge in [-0.2, -0.15) is 0 Å². The molecular formula is C15H22N2O2. The van der Waals surface area contributed by atoms with Crippen molar-refractivity contribution in [2.24, 2.45) is 0 Å². The van der Waals surface area contributed by atoms with Crippen LogP contribution in [0.1, 0.15) is 30.4 Å². The Bertz CT molecular complexity index is 397. The van der Waals surface area contributed by atoms with Gasteiger partial charge in [0.05, 0.1) is 6.10 Å². The van der Waals surface area contributed by atoms with Crippen molar-refractivity contribution >= 4 is 6.03 Å². The summed E-state index contributed by atoms with van der Waals surface area (Å²) in [6.07, 6.45) is 3.49. The van der Waals surface area contributed by atoms with Crippen molar-refractivity contribution in [2.75, 3.05) is 13.2 Å². The second-order valence-corrected chi connectivity index (χ2v) is 5.02. The van der Waals surface area contributed by atoms with Gasteiger partial charge in [0.25, 0.3) is 0 Å². The van der Waals surface area contributed by atoms with Gasteiger partial charge in [-0.25, -0.2) is 4.79 Å². The Labute approximate surface area is 114 Å². The number of benzene rings is 1. The van der Waals surface area contributed by atoms with E-state index in [2.05, 4.69) is 17.6 Å². The first-order valence-corrected chi connectivity index (χ1v) is 6.93. The Morgan fingerprint density at radius 2 is 2.11 bits per heavy atom. The summed E-state index contributed by atoms with van der Waals surface area (Å²) in [4.78, 5) is 11.6. The summed E-state index contributed by atoms with van der Waals surface area (Å²) in [5.41, 5.74) is 2.34. The second kappa shape index (κ2) is 7.14. The second-order valence-electron chi connectivity index (χ2n) is 5.02. The van der Waals surface area contributed by atoms with Crippen LogP contribution >= 0.6 is 0 Å². The largest absolute Gasteiger partial charge is 0.378 e. The van der Waals surface area contributed by atoms with Gasteiger partial charge in [0.1, 0.15) is 0 Å². The molecule has 1 atom stereocenters. The molecule has 0 aromatic heterocycles. The molecule has 1 aromatic carbocycles. The minimum atomic E-state index is -0.112. The van der Waals surface area contributed by atoms with Crippen molar-refractivity contribution in [3.63, 3.8) is 0 Å². The van der Waals surface area contributed by atoms with Crippen LogP contribution in [-0.2, 0) is 11.3 Å². The average Bonchev–Trinajstić information content (AvgIpc) is 2.91. The van der Waals surface area contributed by atoms with Gasteiger partial charge in [-0.15, -0.1) is 0 Å². The van der Waals surface area contributed by atoms with E-state index in [0.717, 1.165) is 31.4 Å². The smallest absolute Gasteiger partial charge is 0.315 e. The number of rotatable bonds is 5. The number of hydrogen-bond donors (Lipinski definition) is 2. The summed E-state index contributed by atoms with van der Waals surface area (Å²) in [5, 5.41) is 5.71. The van der Waals surface area contributed by atoms with E-state index in [1.807, 2.05) is 24.3 Å². The third-order valence-electron chi connectivity index (χ3n) is 3.35. The zero-order valence-corrected chi connectivity index (χ0v) is 11.4. The summed E-state index contributed by atoms with van der Waals surface area (Å²) < 4.78 is 5.50. The van der Waals surface area contributed by atoms with E-state index in [9.17, 15) is 4.79 Å². The summed E-state index contributed by atoms with van der Waals surface area (Å²) in [5.74, 6) is 0. The van der Waals surface area contributed by atoms with E-state index >= 15 is 0 Å². The van der Waals surface area contributed by atoms with E-state index in [1.165, 1.54) is 5.56 Å². The maximum Gasteiger partial charge on any atom is 0.315 e. The standard InChI is InChI=1S/C15H22N2O2/c1-12-4-6-13(7-5-12)11-17-15(18)16-9-8-14-3-2-10-19-14/h4-7,14H,2-3,8-11H2,1H3,(H2,16,17,18). The molecule has 1 heterocycles. The number of amides is 2. The highest BCUT2D eigenvalue weighted by molar-refractivity contribution is 5.73. The maximum absolute atomic E-state index is 11.6. The van der Waals surface area contributed by atoms with Crippen molar-refractivity contribution in [3.05, 3.63) is 35.4 Å². The summed E-state index contributed by atoms with van der Waals surface area (Å²) >= 11 is 0. The zero-order valence-electron chi connectivity index (χ0n) is 11.4. The molecule has 1 aromatic rings. The predicted octanol–water partition coefficient (Wildman–Crippen LogP) is 2.36. The highest BCUT2D eigenvalue weighted by atomic mass is 16.5. The Morgan fingerprint density at radius 3 is 2.79 bits per heavy atom. The van der Waals surface area contributed by atoms with E-state index in [1.54, 1.807) is 0 Å². The third-order valence-corrected chi connectivity index (χ3v) is 3.35. The molecule has 1 saturated heterocycles. The minimum absolute atomic E-state index is 0.112. The quantitative estimate of drug-likeness (QED) is 0.856. The van der Waals surface area contributed by atoms with Crippen LogP contribution in [0.3, 0.4) is 0 Å². The molecule has 1 aliphatic heterocycles. The molecule has 0 saturated carbocycles. The highest BCUT2D eigenvalue weighted by Gasteiger charge is 2.14. The average molecular weight is 262 g/mol. The minimum Gasteiger partial charge on any atom is -0.378 e. The van der Waals surface area contributed by atoms with Gasteiger partial charge in [-0.05, 0) is 31.7 Å². The SMILES string of the molecule is Cc1ccc(CNC(=O)NCCC2CCCO2)cc1. The van der Waals surface area contributed by atoms with E-state index in [-0.39, 0.29) is 6.03 Å². The van der Waals surface area contributed by atoms with Gasteiger partial charge in [-0.1, -0.05) is 29.8 Å². The molecule has 0 spiro atoms. The van der Waals surface area contributed by atoms with Gasteiger partial charge < -0.3 is 15.4 Å². The molecule has 19 heavy (non-hydrogen) atoms. The molecule has 4 nitrogen and oxygen atoms in total. The van der Waals surface area contributed by atoms with Gasteiger partial charge in [0, 0.05) is 19.7 Å². The van der Waals surface area contributed by atoms with Crippen LogP contribution in [-0.4, -0.2) is 25.3 Å². The third kappa shape index (κ3) is 4.91. The molecule has 0 bridgehead atoms. The zero-order chi connectivity index (χ0) is 13.5. The predicted molar refractivity (Wildman–Crippen MR) is 75.0 cm³/mol. The molecule has 104 valence electrons. The number of urea groups is 1. The normalized spacial score (nSPS) is 18.3. The first-order valence-electron chi connectivity index (χ1n) is 6.93. The highest BCUT2D eigenvalue weighted by Crippen LogP contribution is 2.14. The van der Waals surface area contributed by atoms with Crippen molar-refractivity contribution < 1.29 is 9.53 Å². The molecule has 1 fully saturated rings. The number of carbonyl (C=O) groups excluding carboxylic acids is 1. The molecule has 0 radical (unpaired) electrons. The molecule has 2 amide bonds. The molecule has 2 rings (SSSR count). The first-order chi connectivity index (χ1) is 9.24. The van der Waals surface area contributed by atoms with Crippen LogP contribution in [0, 0.1) is 6.92 Å². The maximum atomic E-state index is 11.6. The lowest BCUT2D eigenvalue weighted by atomic mass is 10.1. The van der Waals surface area contributed by atoms with E-state index < -0.39 is 0 Å². The fourth-order valence-electron chi connectivity index (χ4n) is 2.17. The van der Waals surface area contributed by atoms with Crippen LogP contribution < -0.4 is 10.6 Å².